The summed E-state index contributed by atoms with van der Waals surface area (Å²) in [6.07, 6.45) is 15.5. The zero-order valence-electron chi connectivity index (χ0n) is 15.2. The van der Waals surface area contributed by atoms with E-state index in [0.29, 0.717) is 12.1 Å². The molecule has 0 heterocycles. The van der Waals surface area contributed by atoms with Gasteiger partial charge in [-0.2, -0.15) is 0 Å². The fraction of sp³-hybridized carbons (Fsp3) is 1.00. The molecule has 0 saturated heterocycles. The zero-order valence-corrected chi connectivity index (χ0v) is 15.2. The maximum Gasteiger partial charge on any atom is 0.0248 e. The third-order valence-electron chi connectivity index (χ3n) is 5.22. The first kappa shape index (κ1) is 19.0. The van der Waals surface area contributed by atoms with E-state index >= 15 is 0 Å². The van der Waals surface area contributed by atoms with Crippen molar-refractivity contribution < 1.29 is 0 Å². The van der Waals surface area contributed by atoms with Crippen molar-refractivity contribution in [3.05, 3.63) is 0 Å². The number of nitrogens with zero attached hydrogens (tertiary/aromatic N) is 1. The van der Waals surface area contributed by atoms with E-state index in [2.05, 4.69) is 38.0 Å². The Balaban J connectivity index is 2.67. The summed E-state index contributed by atoms with van der Waals surface area (Å²) in [6, 6.07) is 2.06. The molecule has 0 spiro atoms. The molecule has 2 nitrogen and oxygen atoms in total. The minimum absolute atomic E-state index is 0.647. The molecule has 1 fully saturated rings. The van der Waals surface area contributed by atoms with E-state index in [4.69, 9.17) is 0 Å². The second-order valence-corrected chi connectivity index (χ2v) is 7.29. The van der Waals surface area contributed by atoms with E-state index in [1.807, 2.05) is 0 Å². The van der Waals surface area contributed by atoms with Crippen LogP contribution in [0.5, 0.6) is 0 Å². The van der Waals surface area contributed by atoms with Crippen LogP contribution in [0.25, 0.3) is 0 Å². The molecule has 2 atom stereocenters. The molecule has 0 aromatic carbocycles. The molecule has 0 amide bonds. The number of hydrogen-bond donors (Lipinski definition) is 1. The SMILES string of the molecule is CCCNC1CCCCCCCCCCC1N(C)C(C)C. The maximum absolute atomic E-state index is 3.87. The van der Waals surface area contributed by atoms with Gasteiger partial charge in [0, 0.05) is 18.1 Å². The van der Waals surface area contributed by atoms with Crippen LogP contribution in [-0.2, 0) is 0 Å². The highest BCUT2D eigenvalue weighted by Crippen LogP contribution is 2.21. The smallest absolute Gasteiger partial charge is 0.0248 e. The van der Waals surface area contributed by atoms with Crippen LogP contribution >= 0.6 is 0 Å². The van der Waals surface area contributed by atoms with Gasteiger partial charge >= 0.3 is 0 Å². The van der Waals surface area contributed by atoms with Gasteiger partial charge < -0.3 is 5.32 Å². The standard InChI is InChI=1S/C19H40N2/c1-5-16-20-18-14-12-10-8-6-7-9-11-13-15-19(18)21(4)17(2)3/h17-20H,5-16H2,1-4H3. The highest BCUT2D eigenvalue weighted by Gasteiger charge is 2.25. The Kier molecular flexibility index (Phi) is 10.4. The van der Waals surface area contributed by atoms with E-state index in [0.717, 1.165) is 6.04 Å². The normalized spacial score (nSPS) is 26.6. The van der Waals surface area contributed by atoms with E-state index in [-0.39, 0.29) is 0 Å². The van der Waals surface area contributed by atoms with Crippen molar-refractivity contribution in [3.63, 3.8) is 0 Å². The quantitative estimate of drug-likeness (QED) is 0.770. The lowest BCUT2D eigenvalue weighted by Gasteiger charge is -2.38. The molecular weight excluding hydrogens is 256 g/mol. The van der Waals surface area contributed by atoms with Gasteiger partial charge in [0.25, 0.3) is 0 Å². The largest absolute Gasteiger partial charge is 0.312 e. The van der Waals surface area contributed by atoms with Gasteiger partial charge in [-0.1, -0.05) is 58.3 Å². The van der Waals surface area contributed by atoms with Crippen molar-refractivity contribution in [2.24, 2.45) is 0 Å². The van der Waals surface area contributed by atoms with Crippen LogP contribution in [-0.4, -0.2) is 36.6 Å². The Hall–Kier alpha value is -0.0800. The Bertz CT molecular complexity index is 240. The molecule has 1 aliphatic carbocycles. The van der Waals surface area contributed by atoms with Gasteiger partial charge in [-0.15, -0.1) is 0 Å². The predicted molar refractivity (Wildman–Crippen MR) is 94.9 cm³/mol. The van der Waals surface area contributed by atoms with E-state index in [1.165, 1.54) is 77.2 Å². The van der Waals surface area contributed by atoms with Crippen LogP contribution in [0.2, 0.25) is 0 Å². The lowest BCUT2D eigenvalue weighted by molar-refractivity contribution is 0.136. The molecule has 126 valence electrons. The maximum atomic E-state index is 3.87. The summed E-state index contributed by atoms with van der Waals surface area (Å²) in [5.41, 5.74) is 0. The minimum Gasteiger partial charge on any atom is -0.312 e. The molecule has 1 saturated carbocycles. The fourth-order valence-electron chi connectivity index (χ4n) is 3.61. The first-order valence-corrected chi connectivity index (χ1v) is 9.62. The topological polar surface area (TPSA) is 15.3 Å². The van der Waals surface area contributed by atoms with Gasteiger partial charge in [0.15, 0.2) is 0 Å². The van der Waals surface area contributed by atoms with Crippen molar-refractivity contribution in [2.75, 3.05) is 13.6 Å². The number of nitrogens with one attached hydrogen (secondary N) is 1. The average molecular weight is 297 g/mol. The van der Waals surface area contributed by atoms with Gasteiger partial charge in [-0.05, 0) is 46.7 Å². The zero-order chi connectivity index (χ0) is 15.5. The summed E-state index contributed by atoms with van der Waals surface area (Å²) in [7, 11) is 2.34. The highest BCUT2D eigenvalue weighted by molar-refractivity contribution is 4.85. The molecule has 1 rings (SSSR count). The van der Waals surface area contributed by atoms with E-state index in [1.54, 1.807) is 0 Å². The van der Waals surface area contributed by atoms with Crippen LogP contribution < -0.4 is 5.32 Å². The fourth-order valence-corrected chi connectivity index (χ4v) is 3.61. The first-order valence-electron chi connectivity index (χ1n) is 9.62. The van der Waals surface area contributed by atoms with Crippen molar-refractivity contribution in [3.8, 4) is 0 Å². The highest BCUT2D eigenvalue weighted by atomic mass is 15.2. The number of hydrogen-bond acceptors (Lipinski definition) is 2. The first-order chi connectivity index (χ1) is 10.2. The van der Waals surface area contributed by atoms with Crippen LogP contribution in [0.4, 0.5) is 0 Å². The summed E-state index contributed by atoms with van der Waals surface area (Å²) in [5.74, 6) is 0. The van der Waals surface area contributed by atoms with Crippen LogP contribution in [0.15, 0.2) is 0 Å². The van der Waals surface area contributed by atoms with Crippen LogP contribution in [0.1, 0.15) is 91.4 Å². The molecule has 0 bridgehead atoms. The van der Waals surface area contributed by atoms with Crippen molar-refractivity contribution in [1.29, 1.82) is 0 Å². The molecule has 21 heavy (non-hydrogen) atoms. The van der Waals surface area contributed by atoms with Crippen LogP contribution in [0.3, 0.4) is 0 Å². The second kappa shape index (κ2) is 11.5. The monoisotopic (exact) mass is 296 g/mol. The van der Waals surface area contributed by atoms with Gasteiger partial charge in [0.1, 0.15) is 0 Å². The Morgan fingerprint density at radius 2 is 1.43 bits per heavy atom. The van der Waals surface area contributed by atoms with Gasteiger partial charge in [0.2, 0.25) is 0 Å². The third-order valence-corrected chi connectivity index (χ3v) is 5.22. The number of rotatable bonds is 5. The van der Waals surface area contributed by atoms with Crippen molar-refractivity contribution in [2.45, 2.75) is 110 Å². The summed E-state index contributed by atoms with van der Waals surface area (Å²) in [6.45, 7) is 8.14. The van der Waals surface area contributed by atoms with E-state index in [9.17, 15) is 0 Å². The summed E-state index contributed by atoms with van der Waals surface area (Å²) >= 11 is 0. The van der Waals surface area contributed by atoms with Gasteiger partial charge in [-0.25, -0.2) is 0 Å². The molecule has 0 aromatic heterocycles. The Morgan fingerprint density at radius 3 is 1.95 bits per heavy atom. The van der Waals surface area contributed by atoms with Gasteiger partial charge in [-0.3, -0.25) is 4.90 Å². The molecule has 0 aliphatic heterocycles. The van der Waals surface area contributed by atoms with Crippen molar-refractivity contribution in [1.82, 2.24) is 10.2 Å². The van der Waals surface area contributed by atoms with Crippen LogP contribution in [0, 0.1) is 0 Å². The molecule has 0 aromatic rings. The van der Waals surface area contributed by atoms with Crippen molar-refractivity contribution >= 4 is 0 Å². The molecule has 1 N–H and O–H groups in total. The lowest BCUT2D eigenvalue weighted by atomic mass is 9.92. The molecule has 2 heteroatoms. The molecular formula is C19H40N2. The Labute approximate surface area is 134 Å². The van der Waals surface area contributed by atoms with E-state index < -0.39 is 0 Å². The summed E-state index contributed by atoms with van der Waals surface area (Å²) < 4.78 is 0. The second-order valence-electron chi connectivity index (χ2n) is 7.29. The minimum atomic E-state index is 0.647. The third kappa shape index (κ3) is 7.65. The summed E-state index contributed by atoms with van der Waals surface area (Å²) in [5, 5.41) is 3.87. The molecule has 2 unspecified atom stereocenters. The lowest BCUT2D eigenvalue weighted by Crippen LogP contribution is -2.51. The molecule has 1 aliphatic rings. The number of likely N-dealkylation sites (N-methyl/N-ethyl adjacent to an activating group) is 1. The summed E-state index contributed by atoms with van der Waals surface area (Å²) in [4.78, 5) is 2.62. The van der Waals surface area contributed by atoms with Gasteiger partial charge in [0.05, 0.1) is 0 Å². The average Bonchev–Trinajstić information content (AvgIpc) is 2.46. The molecule has 0 radical (unpaired) electrons. The Morgan fingerprint density at radius 1 is 0.905 bits per heavy atom. The predicted octanol–water partition coefficient (Wildman–Crippen LogP) is 4.98.